The highest BCUT2D eigenvalue weighted by Gasteiger charge is 2.12. The molecule has 6 nitrogen and oxygen atoms in total. The van der Waals surface area contributed by atoms with E-state index in [1.807, 2.05) is 45.9 Å². The zero-order valence-corrected chi connectivity index (χ0v) is 14.4. The van der Waals surface area contributed by atoms with Gasteiger partial charge < -0.3 is 5.32 Å². The number of carbonyl (C=O) groups excluding carboxylic acids is 1. The summed E-state index contributed by atoms with van der Waals surface area (Å²) in [5.41, 5.74) is 2.88. The van der Waals surface area contributed by atoms with E-state index in [2.05, 4.69) is 20.6 Å². The van der Waals surface area contributed by atoms with Crippen LogP contribution in [0.1, 0.15) is 31.7 Å². The van der Waals surface area contributed by atoms with Gasteiger partial charge >= 0.3 is 0 Å². The molecule has 0 aliphatic rings. The first-order chi connectivity index (χ1) is 10.9. The summed E-state index contributed by atoms with van der Waals surface area (Å²) in [6, 6.07) is 5.93. The zero-order chi connectivity index (χ0) is 16.6. The van der Waals surface area contributed by atoms with Crippen LogP contribution in [0.3, 0.4) is 0 Å². The molecule has 0 saturated heterocycles. The largest absolute Gasteiger partial charge is 0.326 e. The monoisotopic (exact) mass is 329 g/mol. The predicted molar refractivity (Wildman–Crippen MR) is 91.7 cm³/mol. The van der Waals surface area contributed by atoms with Crippen molar-refractivity contribution in [1.29, 1.82) is 0 Å². The number of hydrogen-bond acceptors (Lipinski definition) is 5. The van der Waals surface area contributed by atoms with E-state index < -0.39 is 0 Å². The van der Waals surface area contributed by atoms with E-state index in [-0.39, 0.29) is 5.91 Å². The van der Waals surface area contributed by atoms with Crippen LogP contribution in [-0.4, -0.2) is 25.7 Å². The maximum Gasteiger partial charge on any atom is 0.234 e. The predicted octanol–water partition coefficient (Wildman–Crippen LogP) is 3.45. The summed E-state index contributed by atoms with van der Waals surface area (Å²) >= 11 is 1.50. The third-order valence-electron chi connectivity index (χ3n) is 3.49. The van der Waals surface area contributed by atoms with Crippen LogP contribution in [0.25, 0.3) is 15.5 Å². The number of anilines is 1. The molecule has 0 aliphatic carbocycles. The van der Waals surface area contributed by atoms with E-state index in [9.17, 15) is 4.79 Å². The lowest BCUT2D eigenvalue weighted by atomic mass is 10.1. The SMILES string of the molecule is Cc1cc(-c2nn3c(C)nnc3s2)ccc1NC(=O)CC(C)C. The van der Waals surface area contributed by atoms with Crippen LogP contribution in [0.15, 0.2) is 18.2 Å². The number of nitrogens with zero attached hydrogens (tertiary/aromatic N) is 4. The van der Waals surface area contributed by atoms with Gasteiger partial charge in [0.25, 0.3) is 0 Å². The molecule has 0 radical (unpaired) electrons. The highest BCUT2D eigenvalue weighted by molar-refractivity contribution is 7.19. The molecule has 2 heterocycles. The molecule has 1 aromatic carbocycles. The summed E-state index contributed by atoms with van der Waals surface area (Å²) in [5, 5.41) is 16.5. The van der Waals surface area contributed by atoms with Crippen LogP contribution < -0.4 is 5.32 Å². The second-order valence-electron chi connectivity index (χ2n) is 6.02. The van der Waals surface area contributed by atoms with E-state index in [4.69, 9.17) is 0 Å². The van der Waals surface area contributed by atoms with E-state index in [1.165, 1.54) is 11.3 Å². The van der Waals surface area contributed by atoms with Crippen molar-refractivity contribution in [2.75, 3.05) is 5.32 Å². The molecule has 0 fully saturated rings. The van der Waals surface area contributed by atoms with Gasteiger partial charge in [-0.15, -0.1) is 10.2 Å². The van der Waals surface area contributed by atoms with Gasteiger partial charge in [-0.05, 0) is 43.5 Å². The molecule has 1 N–H and O–H groups in total. The third-order valence-corrected chi connectivity index (χ3v) is 4.44. The molecule has 7 heteroatoms. The van der Waals surface area contributed by atoms with E-state index in [1.54, 1.807) is 4.52 Å². The summed E-state index contributed by atoms with van der Waals surface area (Å²) in [7, 11) is 0. The van der Waals surface area contributed by atoms with Gasteiger partial charge in [-0.25, -0.2) is 0 Å². The molecule has 0 saturated carbocycles. The van der Waals surface area contributed by atoms with Crippen molar-refractivity contribution in [2.24, 2.45) is 5.92 Å². The standard InChI is InChI=1S/C16H19N5OS/c1-9(2)7-14(22)17-13-6-5-12(8-10(13)3)15-20-21-11(4)18-19-16(21)23-15/h5-6,8-9H,7H2,1-4H3,(H,17,22). The van der Waals surface area contributed by atoms with Crippen molar-refractivity contribution in [2.45, 2.75) is 34.1 Å². The van der Waals surface area contributed by atoms with E-state index in [0.717, 1.165) is 32.6 Å². The zero-order valence-electron chi connectivity index (χ0n) is 13.6. The Morgan fingerprint density at radius 1 is 1.30 bits per heavy atom. The Labute approximate surface area is 138 Å². The lowest BCUT2D eigenvalue weighted by Crippen LogP contribution is -2.14. The molecular weight excluding hydrogens is 310 g/mol. The molecule has 0 aliphatic heterocycles. The number of benzene rings is 1. The summed E-state index contributed by atoms with van der Waals surface area (Å²) in [6.07, 6.45) is 0.525. The Hall–Kier alpha value is -2.28. The summed E-state index contributed by atoms with van der Waals surface area (Å²) < 4.78 is 1.74. The van der Waals surface area contributed by atoms with Gasteiger partial charge in [-0.3, -0.25) is 4.79 Å². The van der Waals surface area contributed by atoms with E-state index >= 15 is 0 Å². The third kappa shape index (κ3) is 3.24. The maximum absolute atomic E-state index is 11.9. The number of rotatable bonds is 4. The lowest BCUT2D eigenvalue weighted by Gasteiger charge is -2.10. The molecule has 23 heavy (non-hydrogen) atoms. The number of fused-ring (bicyclic) bond motifs is 1. The lowest BCUT2D eigenvalue weighted by molar-refractivity contribution is -0.116. The van der Waals surface area contributed by atoms with Gasteiger partial charge in [-0.1, -0.05) is 25.2 Å². The minimum atomic E-state index is 0.0465. The minimum Gasteiger partial charge on any atom is -0.326 e. The van der Waals surface area contributed by atoms with Crippen LogP contribution in [-0.2, 0) is 4.79 Å². The van der Waals surface area contributed by atoms with Crippen molar-refractivity contribution >= 4 is 27.9 Å². The maximum atomic E-state index is 11.9. The Morgan fingerprint density at radius 2 is 2.09 bits per heavy atom. The Bertz CT molecular complexity index is 865. The van der Waals surface area contributed by atoms with Gasteiger partial charge in [0.15, 0.2) is 5.82 Å². The molecule has 2 aromatic heterocycles. The van der Waals surface area contributed by atoms with E-state index in [0.29, 0.717) is 12.3 Å². The summed E-state index contributed by atoms with van der Waals surface area (Å²) in [6.45, 7) is 7.93. The molecule has 3 aromatic rings. The average Bonchev–Trinajstić information content (AvgIpc) is 3.03. The molecule has 0 atom stereocenters. The van der Waals surface area contributed by atoms with Crippen LogP contribution in [0.5, 0.6) is 0 Å². The highest BCUT2D eigenvalue weighted by atomic mass is 32.1. The number of carbonyl (C=O) groups is 1. The van der Waals surface area contributed by atoms with Crippen molar-refractivity contribution in [3.05, 3.63) is 29.6 Å². The molecule has 0 bridgehead atoms. The first kappa shape index (κ1) is 15.6. The topological polar surface area (TPSA) is 72.2 Å². The number of hydrogen-bond donors (Lipinski definition) is 1. The van der Waals surface area contributed by atoms with Gasteiger partial charge in [0, 0.05) is 17.7 Å². The van der Waals surface area contributed by atoms with Gasteiger partial charge in [0.2, 0.25) is 10.9 Å². The van der Waals surface area contributed by atoms with Crippen LogP contribution in [0.4, 0.5) is 5.69 Å². The molecular formula is C16H19N5OS. The molecule has 120 valence electrons. The number of aromatic nitrogens is 4. The smallest absolute Gasteiger partial charge is 0.234 e. The number of aryl methyl sites for hydroxylation is 2. The second kappa shape index (κ2) is 6.08. The quantitative estimate of drug-likeness (QED) is 0.795. The Balaban J connectivity index is 1.85. The second-order valence-corrected chi connectivity index (χ2v) is 6.98. The summed E-state index contributed by atoms with van der Waals surface area (Å²) in [5.74, 6) is 1.17. The Morgan fingerprint density at radius 3 is 2.74 bits per heavy atom. The first-order valence-corrected chi connectivity index (χ1v) is 8.35. The Kier molecular flexibility index (Phi) is 4.12. The van der Waals surface area contributed by atoms with Gasteiger partial charge in [0.05, 0.1) is 0 Å². The van der Waals surface area contributed by atoms with Crippen LogP contribution in [0.2, 0.25) is 0 Å². The van der Waals surface area contributed by atoms with Crippen molar-refractivity contribution in [3.8, 4) is 10.6 Å². The fourth-order valence-corrected chi connectivity index (χ4v) is 3.22. The molecule has 1 amide bonds. The normalized spacial score (nSPS) is 11.3. The van der Waals surface area contributed by atoms with Gasteiger partial charge in [0.1, 0.15) is 5.01 Å². The van der Waals surface area contributed by atoms with Crippen LogP contribution >= 0.6 is 11.3 Å². The average molecular weight is 329 g/mol. The van der Waals surface area contributed by atoms with Crippen LogP contribution in [0, 0.1) is 19.8 Å². The van der Waals surface area contributed by atoms with Crippen molar-refractivity contribution in [1.82, 2.24) is 19.8 Å². The number of amides is 1. The molecule has 0 unspecified atom stereocenters. The number of nitrogens with one attached hydrogen (secondary N) is 1. The summed E-state index contributed by atoms with van der Waals surface area (Å²) in [4.78, 5) is 12.7. The highest BCUT2D eigenvalue weighted by Crippen LogP contribution is 2.28. The fourth-order valence-electron chi connectivity index (χ4n) is 2.34. The molecule has 3 rings (SSSR count). The minimum absolute atomic E-state index is 0.0465. The van der Waals surface area contributed by atoms with Crippen molar-refractivity contribution in [3.63, 3.8) is 0 Å². The first-order valence-electron chi connectivity index (χ1n) is 7.53. The molecule has 0 spiro atoms. The fraction of sp³-hybridized carbons (Fsp3) is 0.375. The van der Waals surface area contributed by atoms with Gasteiger partial charge in [-0.2, -0.15) is 9.61 Å². The van der Waals surface area contributed by atoms with Crippen molar-refractivity contribution < 1.29 is 4.79 Å².